The Balaban J connectivity index is 3.30. The van der Waals surface area contributed by atoms with Crippen molar-refractivity contribution in [2.24, 2.45) is 0 Å². The summed E-state index contributed by atoms with van der Waals surface area (Å²) >= 11 is 0. The molecule has 0 atom stereocenters. The summed E-state index contributed by atoms with van der Waals surface area (Å²) in [5.41, 5.74) is -0.225. The van der Waals surface area contributed by atoms with Crippen LogP contribution in [-0.4, -0.2) is 23.4 Å². The molecule has 0 unspecified atom stereocenters. The van der Waals surface area contributed by atoms with Gasteiger partial charge in [-0.2, -0.15) is 0 Å². The second-order valence-electron chi connectivity index (χ2n) is 8.06. The average Bonchev–Trinajstić information content (AvgIpc) is 2.53. The minimum atomic E-state index is -0.0922. The summed E-state index contributed by atoms with van der Waals surface area (Å²) in [6.07, 6.45) is 13.8. The molecule has 0 aromatic heterocycles. The standard InChI is InChI=1S/C22H44O2/c1-7-13-20(14-8-2)19-23-21(15-9-3,16-10-4)22(24-20,17-11-5)18-12-6/h7-19H2,1-6H3. The Bertz CT molecular complexity index is 319. The van der Waals surface area contributed by atoms with E-state index in [1.165, 1.54) is 38.5 Å². The fourth-order valence-corrected chi connectivity index (χ4v) is 5.24. The monoisotopic (exact) mass is 340 g/mol. The van der Waals surface area contributed by atoms with E-state index in [0.29, 0.717) is 0 Å². The van der Waals surface area contributed by atoms with E-state index in [-0.39, 0.29) is 16.8 Å². The zero-order valence-corrected chi connectivity index (χ0v) is 17.5. The molecule has 24 heavy (non-hydrogen) atoms. The summed E-state index contributed by atoms with van der Waals surface area (Å²) in [5.74, 6) is 0. The zero-order chi connectivity index (χ0) is 18.1. The van der Waals surface area contributed by atoms with Gasteiger partial charge in [-0.1, -0.05) is 80.1 Å². The lowest BCUT2D eigenvalue weighted by Crippen LogP contribution is -2.67. The van der Waals surface area contributed by atoms with E-state index in [0.717, 1.165) is 45.1 Å². The smallest absolute Gasteiger partial charge is 0.0979 e. The van der Waals surface area contributed by atoms with E-state index in [2.05, 4.69) is 41.5 Å². The molecule has 0 radical (unpaired) electrons. The number of rotatable bonds is 12. The Kier molecular flexibility index (Phi) is 9.30. The Morgan fingerprint density at radius 2 is 0.917 bits per heavy atom. The summed E-state index contributed by atoms with van der Waals surface area (Å²) in [6.45, 7) is 14.6. The second-order valence-corrected chi connectivity index (χ2v) is 8.06. The van der Waals surface area contributed by atoms with Gasteiger partial charge in [0.1, 0.15) is 0 Å². The summed E-state index contributed by atoms with van der Waals surface area (Å²) in [7, 11) is 0. The molecule has 1 aliphatic rings. The molecule has 1 saturated heterocycles. The fourth-order valence-electron chi connectivity index (χ4n) is 5.24. The summed E-state index contributed by atoms with van der Waals surface area (Å²) in [4.78, 5) is 0. The molecule has 0 aliphatic carbocycles. The fraction of sp³-hybridized carbons (Fsp3) is 1.00. The lowest BCUT2D eigenvalue weighted by atomic mass is 9.69. The van der Waals surface area contributed by atoms with Crippen LogP contribution in [0.25, 0.3) is 0 Å². The first-order chi connectivity index (χ1) is 11.5. The summed E-state index contributed by atoms with van der Waals surface area (Å²) in [6, 6.07) is 0. The van der Waals surface area contributed by atoms with Crippen molar-refractivity contribution in [3.05, 3.63) is 0 Å². The number of hydrogen-bond acceptors (Lipinski definition) is 2. The first-order valence-electron chi connectivity index (χ1n) is 10.9. The third kappa shape index (κ3) is 4.55. The highest BCUT2D eigenvalue weighted by Crippen LogP contribution is 2.51. The van der Waals surface area contributed by atoms with E-state index in [4.69, 9.17) is 9.47 Å². The van der Waals surface area contributed by atoms with Crippen molar-refractivity contribution in [3.8, 4) is 0 Å². The number of hydrogen-bond donors (Lipinski definition) is 0. The number of ether oxygens (including phenoxy) is 2. The Morgan fingerprint density at radius 3 is 1.29 bits per heavy atom. The van der Waals surface area contributed by atoms with Gasteiger partial charge < -0.3 is 9.47 Å². The van der Waals surface area contributed by atoms with E-state index < -0.39 is 0 Å². The van der Waals surface area contributed by atoms with Crippen molar-refractivity contribution >= 4 is 0 Å². The van der Waals surface area contributed by atoms with Crippen LogP contribution < -0.4 is 0 Å². The lowest BCUT2D eigenvalue weighted by Gasteiger charge is -2.59. The van der Waals surface area contributed by atoms with Crippen molar-refractivity contribution in [2.45, 2.75) is 135 Å². The molecule has 0 aromatic rings. The average molecular weight is 341 g/mol. The maximum Gasteiger partial charge on any atom is 0.0979 e. The largest absolute Gasteiger partial charge is 0.369 e. The normalized spacial score (nSPS) is 21.8. The highest BCUT2D eigenvalue weighted by molar-refractivity contribution is 5.07. The van der Waals surface area contributed by atoms with Crippen LogP contribution in [0.15, 0.2) is 0 Å². The first-order valence-corrected chi connectivity index (χ1v) is 10.9. The van der Waals surface area contributed by atoms with E-state index in [1.807, 2.05) is 0 Å². The minimum Gasteiger partial charge on any atom is -0.369 e. The van der Waals surface area contributed by atoms with Gasteiger partial charge in [0.05, 0.1) is 23.4 Å². The van der Waals surface area contributed by atoms with Gasteiger partial charge in [0, 0.05) is 0 Å². The van der Waals surface area contributed by atoms with Crippen molar-refractivity contribution in [1.29, 1.82) is 0 Å². The van der Waals surface area contributed by atoms with E-state index in [1.54, 1.807) is 0 Å². The molecule has 2 heteroatoms. The highest BCUT2D eigenvalue weighted by atomic mass is 16.6. The maximum atomic E-state index is 7.22. The predicted octanol–water partition coefficient (Wildman–Crippen LogP) is 7.05. The molecule has 0 amide bonds. The summed E-state index contributed by atoms with van der Waals surface area (Å²) in [5, 5.41) is 0. The highest BCUT2D eigenvalue weighted by Gasteiger charge is 2.58. The maximum absolute atomic E-state index is 7.22. The van der Waals surface area contributed by atoms with Crippen molar-refractivity contribution in [2.75, 3.05) is 6.61 Å². The lowest BCUT2D eigenvalue weighted by molar-refractivity contribution is -0.337. The van der Waals surface area contributed by atoms with Crippen molar-refractivity contribution < 1.29 is 9.47 Å². The molecule has 0 spiro atoms. The van der Waals surface area contributed by atoms with Crippen molar-refractivity contribution in [3.63, 3.8) is 0 Å². The van der Waals surface area contributed by atoms with E-state index in [9.17, 15) is 0 Å². The summed E-state index contributed by atoms with van der Waals surface area (Å²) < 4.78 is 14.1. The van der Waals surface area contributed by atoms with Gasteiger partial charge in [-0.05, 0) is 38.5 Å². The third-order valence-corrected chi connectivity index (χ3v) is 5.88. The quantitative estimate of drug-likeness (QED) is 0.379. The molecule has 1 rings (SSSR count). The Hall–Kier alpha value is -0.0800. The topological polar surface area (TPSA) is 18.5 Å². The molecule has 1 fully saturated rings. The second kappa shape index (κ2) is 10.2. The minimum absolute atomic E-state index is 0.0567. The molecule has 2 nitrogen and oxygen atoms in total. The van der Waals surface area contributed by atoms with Gasteiger partial charge in [0.15, 0.2) is 0 Å². The molecule has 144 valence electrons. The van der Waals surface area contributed by atoms with Crippen LogP contribution in [0.4, 0.5) is 0 Å². The Labute approximate surface area is 152 Å². The SMILES string of the molecule is CCCC1(CCC)COC(CCC)(CCC)C(CCC)(CCC)O1. The van der Waals surface area contributed by atoms with Gasteiger partial charge >= 0.3 is 0 Å². The Morgan fingerprint density at radius 1 is 0.542 bits per heavy atom. The molecule has 1 aliphatic heterocycles. The van der Waals surface area contributed by atoms with E-state index >= 15 is 0 Å². The van der Waals surface area contributed by atoms with Crippen LogP contribution in [-0.2, 0) is 9.47 Å². The van der Waals surface area contributed by atoms with Crippen LogP contribution in [0.3, 0.4) is 0 Å². The molecule has 0 bridgehead atoms. The van der Waals surface area contributed by atoms with Crippen molar-refractivity contribution in [1.82, 2.24) is 0 Å². The molecule has 1 heterocycles. The van der Waals surface area contributed by atoms with Crippen LogP contribution in [0, 0.1) is 0 Å². The first kappa shape index (κ1) is 22.0. The van der Waals surface area contributed by atoms with Gasteiger partial charge in [0.2, 0.25) is 0 Å². The third-order valence-electron chi connectivity index (χ3n) is 5.88. The van der Waals surface area contributed by atoms with Gasteiger partial charge in [0.25, 0.3) is 0 Å². The van der Waals surface area contributed by atoms with Crippen LogP contribution in [0.2, 0.25) is 0 Å². The molecular weight excluding hydrogens is 296 g/mol. The molecule has 0 aromatic carbocycles. The predicted molar refractivity (Wildman–Crippen MR) is 105 cm³/mol. The van der Waals surface area contributed by atoms with Gasteiger partial charge in [-0.15, -0.1) is 0 Å². The molecule has 0 N–H and O–H groups in total. The van der Waals surface area contributed by atoms with Crippen LogP contribution in [0.1, 0.15) is 119 Å². The van der Waals surface area contributed by atoms with Crippen LogP contribution >= 0.6 is 0 Å². The van der Waals surface area contributed by atoms with Gasteiger partial charge in [-0.3, -0.25) is 0 Å². The molecular formula is C22H44O2. The van der Waals surface area contributed by atoms with Crippen LogP contribution in [0.5, 0.6) is 0 Å². The van der Waals surface area contributed by atoms with Gasteiger partial charge in [-0.25, -0.2) is 0 Å². The zero-order valence-electron chi connectivity index (χ0n) is 17.5. The molecule has 0 saturated carbocycles.